The van der Waals surface area contributed by atoms with Gasteiger partial charge in [-0.25, -0.2) is 0 Å². The predicted octanol–water partition coefficient (Wildman–Crippen LogP) is 1.47. The molecular weight excluding hydrogens is 272 g/mol. The average molecular weight is 292 g/mol. The zero-order valence-corrected chi connectivity index (χ0v) is 12.7. The lowest BCUT2D eigenvalue weighted by Gasteiger charge is -2.46. The summed E-state index contributed by atoms with van der Waals surface area (Å²) < 4.78 is 10.1. The Kier molecular flexibility index (Phi) is 4.14. The molecule has 0 aliphatic heterocycles. The summed E-state index contributed by atoms with van der Waals surface area (Å²) in [7, 11) is 2.83. The van der Waals surface area contributed by atoms with Crippen LogP contribution in [0.25, 0.3) is 0 Å². The molecule has 5 heteroatoms. The molecule has 0 saturated heterocycles. The number of Topliss-reactive ketones (excluding diaryl/α,β-unsaturated/α-hetero) is 1. The summed E-state index contributed by atoms with van der Waals surface area (Å²) in [4.78, 5) is 36.7. The molecule has 4 atom stereocenters. The largest absolute Gasteiger partial charge is 0.469 e. The van der Waals surface area contributed by atoms with Crippen molar-refractivity contribution in [3.8, 4) is 0 Å². The molecule has 0 aromatic carbocycles. The van der Waals surface area contributed by atoms with Gasteiger partial charge in [0.2, 0.25) is 0 Å². The van der Waals surface area contributed by atoms with E-state index in [1.807, 2.05) is 0 Å². The van der Waals surface area contributed by atoms with Gasteiger partial charge in [-0.1, -0.05) is 12.2 Å². The van der Waals surface area contributed by atoms with Gasteiger partial charge in [0, 0.05) is 13.0 Å². The van der Waals surface area contributed by atoms with Crippen LogP contribution in [0.15, 0.2) is 23.8 Å². The maximum Gasteiger partial charge on any atom is 0.306 e. The first-order valence-electron chi connectivity index (χ1n) is 6.91. The van der Waals surface area contributed by atoms with Crippen molar-refractivity contribution in [1.29, 1.82) is 0 Å². The van der Waals surface area contributed by atoms with Gasteiger partial charge >= 0.3 is 5.97 Å². The molecule has 0 heterocycles. The fourth-order valence-electron chi connectivity index (χ4n) is 3.39. The van der Waals surface area contributed by atoms with Crippen molar-refractivity contribution in [2.45, 2.75) is 26.4 Å². The van der Waals surface area contributed by atoms with E-state index in [1.54, 1.807) is 26.0 Å². The Morgan fingerprint density at radius 2 is 1.95 bits per heavy atom. The Morgan fingerprint density at radius 3 is 2.52 bits per heavy atom. The summed E-state index contributed by atoms with van der Waals surface area (Å²) in [5, 5.41) is 0. The van der Waals surface area contributed by atoms with E-state index in [-0.39, 0.29) is 23.9 Å². The second kappa shape index (κ2) is 5.56. The van der Waals surface area contributed by atoms with Crippen LogP contribution in [0, 0.1) is 17.3 Å². The highest BCUT2D eigenvalue weighted by atomic mass is 16.5. The third-order valence-corrected chi connectivity index (χ3v) is 4.63. The zero-order chi connectivity index (χ0) is 15.8. The number of rotatable bonds is 3. The minimum atomic E-state index is -0.973. The lowest BCUT2D eigenvalue weighted by Crippen LogP contribution is -2.55. The van der Waals surface area contributed by atoms with Gasteiger partial charge in [-0.15, -0.1) is 0 Å². The number of hydrogen-bond donors (Lipinski definition) is 0. The van der Waals surface area contributed by atoms with Crippen LogP contribution in [-0.2, 0) is 23.9 Å². The second-order valence-corrected chi connectivity index (χ2v) is 5.80. The van der Waals surface area contributed by atoms with E-state index in [9.17, 15) is 14.4 Å². The number of esters is 1. The van der Waals surface area contributed by atoms with Crippen molar-refractivity contribution >= 4 is 17.5 Å². The summed E-state index contributed by atoms with van der Waals surface area (Å²) in [6.45, 7) is 3.37. The molecule has 0 radical (unpaired) electrons. The fraction of sp³-hybridized carbons (Fsp3) is 0.562. The number of allylic oxidation sites excluding steroid dienone is 3. The van der Waals surface area contributed by atoms with E-state index in [2.05, 4.69) is 0 Å². The molecule has 0 aromatic rings. The molecule has 0 aromatic heterocycles. The van der Waals surface area contributed by atoms with Crippen LogP contribution in [0.5, 0.6) is 0 Å². The fourth-order valence-corrected chi connectivity index (χ4v) is 3.39. The van der Waals surface area contributed by atoms with Crippen LogP contribution in [0.2, 0.25) is 0 Å². The molecule has 114 valence electrons. The molecule has 2 aliphatic rings. The molecule has 0 unspecified atom stereocenters. The van der Waals surface area contributed by atoms with Gasteiger partial charge in [0.1, 0.15) is 0 Å². The highest BCUT2D eigenvalue weighted by Crippen LogP contribution is 2.48. The first kappa shape index (κ1) is 15.6. The third kappa shape index (κ3) is 2.35. The maximum atomic E-state index is 12.6. The van der Waals surface area contributed by atoms with Crippen LogP contribution < -0.4 is 0 Å². The van der Waals surface area contributed by atoms with E-state index in [4.69, 9.17) is 9.47 Å². The van der Waals surface area contributed by atoms with E-state index < -0.39 is 23.4 Å². The van der Waals surface area contributed by atoms with Crippen molar-refractivity contribution in [1.82, 2.24) is 0 Å². The molecule has 0 fully saturated rings. The van der Waals surface area contributed by atoms with Crippen molar-refractivity contribution in [2.75, 3.05) is 14.2 Å². The molecule has 0 N–H and O–H groups in total. The number of methoxy groups -OCH3 is 2. The highest BCUT2D eigenvalue weighted by Gasteiger charge is 2.56. The number of carbonyl (C=O) groups is 3. The lowest BCUT2D eigenvalue weighted by molar-refractivity contribution is -0.150. The standard InChI is InChI=1S/C16H20O5/c1-9-7-11(17)16(2)12(20-3)6-5-10(8-13(18)21-4)14(16)15(9)19/h5-7,10,12,14H,8H2,1-4H3/t10-,12-,14-,16+/m1/s1. The summed E-state index contributed by atoms with van der Waals surface area (Å²) in [5.41, 5.74) is -0.541. The number of hydrogen-bond acceptors (Lipinski definition) is 5. The van der Waals surface area contributed by atoms with Crippen molar-refractivity contribution in [3.63, 3.8) is 0 Å². The van der Waals surface area contributed by atoms with E-state index in [0.717, 1.165) is 0 Å². The third-order valence-electron chi connectivity index (χ3n) is 4.63. The van der Waals surface area contributed by atoms with E-state index in [1.165, 1.54) is 20.3 Å². The molecule has 21 heavy (non-hydrogen) atoms. The topological polar surface area (TPSA) is 69.7 Å². The molecule has 0 spiro atoms. The summed E-state index contributed by atoms with van der Waals surface area (Å²) in [6, 6.07) is 0. The van der Waals surface area contributed by atoms with E-state index >= 15 is 0 Å². The number of ketones is 2. The SMILES string of the molecule is COC(=O)C[C@H]1C=C[C@@H](OC)[C@]2(C)C(=O)C=C(C)C(=O)[C@@H]12. The van der Waals surface area contributed by atoms with Gasteiger partial charge in [0.05, 0.1) is 25.0 Å². The Morgan fingerprint density at radius 1 is 1.29 bits per heavy atom. The monoisotopic (exact) mass is 292 g/mol. The van der Waals surface area contributed by atoms with Crippen molar-refractivity contribution in [2.24, 2.45) is 17.3 Å². The first-order chi connectivity index (χ1) is 9.86. The molecule has 0 saturated carbocycles. The minimum Gasteiger partial charge on any atom is -0.469 e. The maximum absolute atomic E-state index is 12.6. The number of carbonyl (C=O) groups excluding carboxylic acids is 3. The predicted molar refractivity (Wildman–Crippen MR) is 75.4 cm³/mol. The van der Waals surface area contributed by atoms with Gasteiger partial charge < -0.3 is 9.47 Å². The zero-order valence-electron chi connectivity index (χ0n) is 12.7. The Labute approximate surface area is 124 Å². The van der Waals surface area contributed by atoms with Gasteiger partial charge in [-0.05, 0) is 31.4 Å². The number of fused-ring (bicyclic) bond motifs is 1. The molecule has 2 aliphatic carbocycles. The molecule has 5 nitrogen and oxygen atoms in total. The Balaban J connectivity index is 2.49. The van der Waals surface area contributed by atoms with Gasteiger partial charge in [-0.3, -0.25) is 14.4 Å². The van der Waals surface area contributed by atoms with Crippen LogP contribution in [-0.4, -0.2) is 37.9 Å². The van der Waals surface area contributed by atoms with Gasteiger partial charge in [-0.2, -0.15) is 0 Å². The highest BCUT2D eigenvalue weighted by molar-refractivity contribution is 6.13. The van der Waals surface area contributed by atoms with Crippen molar-refractivity contribution in [3.05, 3.63) is 23.8 Å². The normalized spacial score (nSPS) is 35.2. The summed E-state index contributed by atoms with van der Waals surface area (Å²) in [6.07, 6.45) is 4.55. The quantitative estimate of drug-likeness (QED) is 0.582. The summed E-state index contributed by atoms with van der Waals surface area (Å²) >= 11 is 0. The van der Waals surface area contributed by atoms with E-state index in [0.29, 0.717) is 5.57 Å². The first-order valence-corrected chi connectivity index (χ1v) is 6.91. The van der Waals surface area contributed by atoms with Gasteiger partial charge in [0.15, 0.2) is 11.6 Å². The summed E-state index contributed by atoms with van der Waals surface area (Å²) in [5.74, 6) is -1.57. The lowest BCUT2D eigenvalue weighted by atomic mass is 9.56. The smallest absolute Gasteiger partial charge is 0.306 e. The minimum absolute atomic E-state index is 0.0794. The van der Waals surface area contributed by atoms with Crippen LogP contribution >= 0.6 is 0 Å². The molecule has 0 amide bonds. The molecule has 2 rings (SSSR count). The number of ether oxygens (including phenoxy) is 2. The Bertz CT molecular complexity index is 545. The van der Waals surface area contributed by atoms with Crippen LogP contribution in [0.1, 0.15) is 20.3 Å². The molecular formula is C16H20O5. The van der Waals surface area contributed by atoms with Crippen LogP contribution in [0.4, 0.5) is 0 Å². The van der Waals surface area contributed by atoms with Gasteiger partial charge in [0.25, 0.3) is 0 Å². The average Bonchev–Trinajstić information content (AvgIpc) is 2.45. The molecule has 0 bridgehead atoms. The van der Waals surface area contributed by atoms with Crippen molar-refractivity contribution < 1.29 is 23.9 Å². The second-order valence-electron chi connectivity index (χ2n) is 5.80. The Hall–Kier alpha value is -1.75. The van der Waals surface area contributed by atoms with Crippen LogP contribution in [0.3, 0.4) is 0 Å².